The quantitative estimate of drug-likeness (QED) is 0.665. The number of phenolic OH excluding ortho intramolecular Hbond substituents is 2. The van der Waals surface area contributed by atoms with Gasteiger partial charge in [-0.2, -0.15) is 0 Å². The minimum Gasteiger partial charge on any atom is -0.508 e. The van der Waals surface area contributed by atoms with Gasteiger partial charge in [0.25, 0.3) is 0 Å². The number of aromatic hydroxyl groups is 2. The third-order valence-corrected chi connectivity index (χ3v) is 3.08. The van der Waals surface area contributed by atoms with Gasteiger partial charge in [-0.3, -0.25) is 9.59 Å². The van der Waals surface area contributed by atoms with E-state index in [0.717, 1.165) is 0 Å². The van der Waals surface area contributed by atoms with Crippen molar-refractivity contribution in [2.45, 2.75) is 32.6 Å². The number of hydrogen-bond donors (Lipinski definition) is 3. The molecule has 0 radical (unpaired) electrons. The first-order chi connectivity index (χ1) is 9.93. The van der Waals surface area contributed by atoms with Crippen LogP contribution in [0.1, 0.15) is 38.2 Å². The van der Waals surface area contributed by atoms with E-state index in [1.165, 1.54) is 12.1 Å². The Kier molecular flexibility index (Phi) is 6.52. The van der Waals surface area contributed by atoms with Gasteiger partial charge in [0.1, 0.15) is 18.0 Å². The summed E-state index contributed by atoms with van der Waals surface area (Å²) in [5, 5.41) is 21.5. The molecule has 1 aromatic rings. The molecule has 21 heavy (non-hydrogen) atoms. The second kappa shape index (κ2) is 8.14. The smallest absolute Gasteiger partial charge is 0.325 e. The van der Waals surface area contributed by atoms with Crippen LogP contribution < -0.4 is 5.32 Å². The summed E-state index contributed by atoms with van der Waals surface area (Å²) in [6.45, 7) is 3.73. The van der Waals surface area contributed by atoms with Crippen LogP contribution in [-0.4, -0.2) is 35.2 Å². The SMILES string of the molecule is CCOC(=O)CNC(=O)CCC(C)c1ccc(O)cc1O. The minimum absolute atomic E-state index is 0.00405. The number of ether oxygens (including phenoxy) is 1. The van der Waals surface area contributed by atoms with Crippen LogP contribution in [0.3, 0.4) is 0 Å². The number of hydrogen-bond acceptors (Lipinski definition) is 5. The Balaban J connectivity index is 2.40. The van der Waals surface area contributed by atoms with Gasteiger partial charge in [-0.05, 0) is 30.9 Å². The highest BCUT2D eigenvalue weighted by molar-refractivity contribution is 5.81. The van der Waals surface area contributed by atoms with Crippen molar-refractivity contribution in [1.29, 1.82) is 0 Å². The van der Waals surface area contributed by atoms with Gasteiger partial charge < -0.3 is 20.3 Å². The van der Waals surface area contributed by atoms with Crippen molar-refractivity contribution in [3.05, 3.63) is 23.8 Å². The Morgan fingerprint density at radius 1 is 1.33 bits per heavy atom. The number of rotatable bonds is 7. The molecule has 3 N–H and O–H groups in total. The molecular formula is C15H21NO5. The van der Waals surface area contributed by atoms with Crippen molar-refractivity contribution in [3.63, 3.8) is 0 Å². The Morgan fingerprint density at radius 2 is 2.05 bits per heavy atom. The van der Waals surface area contributed by atoms with Crippen LogP contribution >= 0.6 is 0 Å². The second-order valence-corrected chi connectivity index (χ2v) is 4.76. The summed E-state index contributed by atoms with van der Waals surface area (Å²) in [6.07, 6.45) is 0.758. The summed E-state index contributed by atoms with van der Waals surface area (Å²) in [5.74, 6) is -0.743. The summed E-state index contributed by atoms with van der Waals surface area (Å²) in [7, 11) is 0. The fraction of sp³-hybridized carbons (Fsp3) is 0.467. The van der Waals surface area contributed by atoms with Crippen LogP contribution in [0.5, 0.6) is 11.5 Å². The number of nitrogens with one attached hydrogen (secondary N) is 1. The van der Waals surface area contributed by atoms with Crippen LogP contribution in [0, 0.1) is 0 Å². The van der Waals surface area contributed by atoms with Gasteiger partial charge in [-0.15, -0.1) is 0 Å². The zero-order valence-corrected chi connectivity index (χ0v) is 12.3. The predicted octanol–water partition coefficient (Wildman–Crippen LogP) is 1.66. The normalized spacial score (nSPS) is 11.7. The number of esters is 1. The molecular weight excluding hydrogens is 274 g/mol. The van der Waals surface area contributed by atoms with Crippen LogP contribution in [0.4, 0.5) is 0 Å². The molecule has 0 spiro atoms. The van der Waals surface area contributed by atoms with E-state index in [0.29, 0.717) is 12.0 Å². The van der Waals surface area contributed by atoms with Crippen LogP contribution in [-0.2, 0) is 14.3 Å². The van der Waals surface area contributed by atoms with E-state index in [2.05, 4.69) is 5.32 Å². The number of carbonyl (C=O) groups excluding carboxylic acids is 2. The lowest BCUT2D eigenvalue weighted by molar-refractivity contribution is -0.143. The molecule has 0 heterocycles. The zero-order chi connectivity index (χ0) is 15.8. The van der Waals surface area contributed by atoms with E-state index in [4.69, 9.17) is 4.74 Å². The van der Waals surface area contributed by atoms with E-state index >= 15 is 0 Å². The van der Waals surface area contributed by atoms with Gasteiger partial charge in [0, 0.05) is 12.5 Å². The lowest BCUT2D eigenvalue weighted by Crippen LogP contribution is -2.30. The van der Waals surface area contributed by atoms with Crippen molar-refractivity contribution in [2.24, 2.45) is 0 Å². The van der Waals surface area contributed by atoms with E-state index in [1.807, 2.05) is 6.92 Å². The summed E-state index contributed by atoms with van der Waals surface area (Å²) < 4.78 is 4.70. The Morgan fingerprint density at radius 3 is 2.67 bits per heavy atom. The average Bonchev–Trinajstić information content (AvgIpc) is 2.43. The molecule has 0 bridgehead atoms. The standard InChI is InChI=1S/C15H21NO5/c1-3-21-15(20)9-16-14(19)7-4-10(2)12-6-5-11(17)8-13(12)18/h5-6,8,10,17-18H,3-4,7,9H2,1-2H3,(H,16,19). The van der Waals surface area contributed by atoms with Crippen LogP contribution in [0.15, 0.2) is 18.2 Å². The fourth-order valence-electron chi connectivity index (χ4n) is 1.92. The first kappa shape index (κ1) is 16.8. The van der Waals surface area contributed by atoms with Crippen molar-refractivity contribution in [1.82, 2.24) is 5.32 Å². The molecule has 1 amide bonds. The topological polar surface area (TPSA) is 95.9 Å². The molecule has 1 atom stereocenters. The number of benzene rings is 1. The van der Waals surface area contributed by atoms with Gasteiger partial charge in [0.05, 0.1) is 6.61 Å². The Labute approximate surface area is 123 Å². The summed E-state index contributed by atoms with van der Waals surface area (Å²) in [6, 6.07) is 4.39. The molecule has 1 rings (SSSR count). The fourth-order valence-corrected chi connectivity index (χ4v) is 1.92. The molecule has 0 fully saturated rings. The third-order valence-electron chi connectivity index (χ3n) is 3.08. The Hall–Kier alpha value is -2.24. The minimum atomic E-state index is -0.463. The van der Waals surface area contributed by atoms with Gasteiger partial charge >= 0.3 is 5.97 Å². The first-order valence-electron chi connectivity index (χ1n) is 6.88. The summed E-state index contributed by atoms with van der Waals surface area (Å²) in [5.41, 5.74) is 0.672. The lowest BCUT2D eigenvalue weighted by atomic mass is 9.95. The highest BCUT2D eigenvalue weighted by atomic mass is 16.5. The molecule has 116 valence electrons. The van der Waals surface area contributed by atoms with Gasteiger partial charge in [-0.25, -0.2) is 0 Å². The molecule has 0 aliphatic carbocycles. The van der Waals surface area contributed by atoms with Crippen molar-refractivity contribution >= 4 is 11.9 Å². The molecule has 0 aliphatic heterocycles. The number of carbonyl (C=O) groups is 2. The van der Waals surface area contributed by atoms with E-state index < -0.39 is 5.97 Å². The van der Waals surface area contributed by atoms with Crippen molar-refractivity contribution < 1.29 is 24.5 Å². The maximum Gasteiger partial charge on any atom is 0.325 e. The van der Waals surface area contributed by atoms with Gasteiger partial charge in [0.15, 0.2) is 0 Å². The van der Waals surface area contributed by atoms with E-state index in [1.54, 1.807) is 13.0 Å². The molecule has 0 saturated heterocycles. The number of phenols is 2. The maximum atomic E-state index is 11.6. The molecule has 6 nitrogen and oxygen atoms in total. The highest BCUT2D eigenvalue weighted by Gasteiger charge is 2.13. The summed E-state index contributed by atoms with van der Waals surface area (Å²) >= 11 is 0. The molecule has 0 aliphatic rings. The molecule has 0 aromatic heterocycles. The van der Waals surface area contributed by atoms with Crippen LogP contribution in [0.25, 0.3) is 0 Å². The lowest BCUT2D eigenvalue weighted by Gasteiger charge is -2.13. The Bertz CT molecular complexity index is 501. The monoisotopic (exact) mass is 295 g/mol. The van der Waals surface area contributed by atoms with Gasteiger partial charge in [0.2, 0.25) is 5.91 Å². The average molecular weight is 295 g/mol. The first-order valence-corrected chi connectivity index (χ1v) is 6.88. The second-order valence-electron chi connectivity index (χ2n) is 4.76. The van der Waals surface area contributed by atoms with Crippen molar-refractivity contribution in [3.8, 4) is 11.5 Å². The maximum absolute atomic E-state index is 11.6. The third kappa shape index (κ3) is 5.72. The van der Waals surface area contributed by atoms with E-state index in [-0.39, 0.29) is 42.9 Å². The predicted molar refractivity (Wildman–Crippen MR) is 77.1 cm³/mol. The zero-order valence-electron chi connectivity index (χ0n) is 12.3. The molecule has 0 saturated carbocycles. The van der Waals surface area contributed by atoms with Gasteiger partial charge in [-0.1, -0.05) is 13.0 Å². The van der Waals surface area contributed by atoms with Crippen molar-refractivity contribution in [2.75, 3.05) is 13.2 Å². The summed E-state index contributed by atoms with van der Waals surface area (Å²) in [4.78, 5) is 22.7. The molecule has 6 heteroatoms. The number of amides is 1. The highest BCUT2D eigenvalue weighted by Crippen LogP contribution is 2.31. The molecule has 1 unspecified atom stereocenters. The van der Waals surface area contributed by atoms with E-state index in [9.17, 15) is 19.8 Å². The largest absolute Gasteiger partial charge is 0.508 e. The molecule has 1 aromatic carbocycles. The van der Waals surface area contributed by atoms with Crippen LogP contribution in [0.2, 0.25) is 0 Å².